The molecule has 0 atom stereocenters. The SMILES string of the molecule is COCCCNC(=O)CN1CCN(C(=O)Cc2csc(-c3ccc(C(F)(F)F)cc3)n2)CC1. The van der Waals surface area contributed by atoms with Crippen molar-refractivity contribution in [3.05, 3.63) is 40.9 Å². The van der Waals surface area contributed by atoms with Gasteiger partial charge in [-0.15, -0.1) is 11.3 Å². The van der Waals surface area contributed by atoms with Crippen LogP contribution in [-0.2, 0) is 26.9 Å². The highest BCUT2D eigenvalue weighted by Crippen LogP contribution is 2.31. The van der Waals surface area contributed by atoms with Crippen LogP contribution in [0.2, 0.25) is 0 Å². The minimum Gasteiger partial charge on any atom is -0.385 e. The molecule has 1 fully saturated rings. The number of hydrogen-bond donors (Lipinski definition) is 1. The Kier molecular flexibility index (Phi) is 8.81. The zero-order valence-corrected chi connectivity index (χ0v) is 19.2. The number of carbonyl (C=O) groups is 2. The molecule has 3 rings (SSSR count). The van der Waals surface area contributed by atoms with Crippen LogP contribution in [0.1, 0.15) is 17.7 Å². The number of rotatable bonds is 9. The number of aromatic nitrogens is 1. The number of halogens is 3. The molecule has 0 radical (unpaired) electrons. The average molecular weight is 485 g/mol. The first kappa shape index (κ1) is 25.1. The van der Waals surface area contributed by atoms with E-state index in [0.717, 1.165) is 18.6 Å². The average Bonchev–Trinajstić information content (AvgIpc) is 3.25. The standard InChI is InChI=1S/C22H27F3N4O3S/c1-32-12-2-7-26-19(30)14-28-8-10-29(11-9-28)20(31)13-18-15-33-21(27-18)16-3-5-17(6-4-16)22(23,24)25/h3-6,15H,2,7-14H2,1H3,(H,26,30). The quantitative estimate of drug-likeness (QED) is 0.554. The van der Waals surface area contributed by atoms with Gasteiger partial charge < -0.3 is 15.0 Å². The fraction of sp³-hybridized carbons (Fsp3) is 0.500. The van der Waals surface area contributed by atoms with Crippen LogP contribution < -0.4 is 5.32 Å². The van der Waals surface area contributed by atoms with Gasteiger partial charge in [0.05, 0.1) is 24.2 Å². The molecule has 0 aliphatic carbocycles. The van der Waals surface area contributed by atoms with E-state index in [1.807, 2.05) is 4.90 Å². The lowest BCUT2D eigenvalue weighted by atomic mass is 10.1. The van der Waals surface area contributed by atoms with Crippen molar-refractivity contribution in [1.29, 1.82) is 0 Å². The molecule has 1 aromatic heterocycles. The van der Waals surface area contributed by atoms with Crippen LogP contribution in [0.4, 0.5) is 13.2 Å². The highest BCUT2D eigenvalue weighted by Gasteiger charge is 2.30. The number of benzene rings is 1. The van der Waals surface area contributed by atoms with Gasteiger partial charge in [-0.2, -0.15) is 13.2 Å². The summed E-state index contributed by atoms with van der Waals surface area (Å²) in [7, 11) is 1.62. The van der Waals surface area contributed by atoms with E-state index in [9.17, 15) is 22.8 Å². The molecule has 0 spiro atoms. The maximum atomic E-state index is 12.7. The topological polar surface area (TPSA) is 74.8 Å². The first-order valence-corrected chi connectivity index (χ1v) is 11.5. The van der Waals surface area contributed by atoms with Gasteiger partial charge in [-0.1, -0.05) is 12.1 Å². The number of amides is 2. The number of thiazole rings is 1. The molecule has 180 valence electrons. The summed E-state index contributed by atoms with van der Waals surface area (Å²) in [4.78, 5) is 32.8. The number of carbonyl (C=O) groups excluding carboxylic acids is 2. The Morgan fingerprint density at radius 3 is 2.48 bits per heavy atom. The van der Waals surface area contributed by atoms with Crippen molar-refractivity contribution in [2.75, 3.05) is 53.0 Å². The first-order chi connectivity index (χ1) is 15.8. The second-order valence-corrected chi connectivity index (χ2v) is 8.61. The van der Waals surface area contributed by atoms with Crippen LogP contribution in [0.15, 0.2) is 29.6 Å². The molecule has 0 saturated carbocycles. The van der Waals surface area contributed by atoms with Crippen LogP contribution in [0.25, 0.3) is 10.6 Å². The van der Waals surface area contributed by atoms with Gasteiger partial charge in [0.25, 0.3) is 0 Å². The van der Waals surface area contributed by atoms with Crippen LogP contribution in [0.3, 0.4) is 0 Å². The lowest BCUT2D eigenvalue weighted by molar-refractivity contribution is -0.137. The summed E-state index contributed by atoms with van der Waals surface area (Å²) >= 11 is 1.30. The van der Waals surface area contributed by atoms with Gasteiger partial charge in [0.15, 0.2) is 0 Å². The van der Waals surface area contributed by atoms with E-state index < -0.39 is 11.7 Å². The normalized spacial score (nSPS) is 15.0. The third kappa shape index (κ3) is 7.51. The van der Waals surface area contributed by atoms with E-state index in [-0.39, 0.29) is 18.2 Å². The Morgan fingerprint density at radius 2 is 1.85 bits per heavy atom. The minimum absolute atomic E-state index is 0.0378. The molecule has 2 aromatic rings. The number of piperazine rings is 1. The molecule has 0 unspecified atom stereocenters. The van der Waals surface area contributed by atoms with E-state index >= 15 is 0 Å². The molecule has 11 heteroatoms. The van der Waals surface area contributed by atoms with Crippen LogP contribution in [-0.4, -0.2) is 79.6 Å². The predicted octanol–water partition coefficient (Wildman–Crippen LogP) is 2.67. The lowest BCUT2D eigenvalue weighted by Crippen LogP contribution is -2.51. The number of methoxy groups -OCH3 is 1. The molecule has 1 aliphatic heterocycles. The summed E-state index contributed by atoms with van der Waals surface area (Å²) in [6.45, 7) is 3.78. The van der Waals surface area contributed by atoms with E-state index in [2.05, 4.69) is 10.3 Å². The maximum absolute atomic E-state index is 12.7. The van der Waals surface area contributed by atoms with Crippen molar-refractivity contribution in [2.45, 2.75) is 19.0 Å². The van der Waals surface area contributed by atoms with E-state index in [1.165, 1.54) is 23.5 Å². The molecule has 1 saturated heterocycles. The monoisotopic (exact) mass is 484 g/mol. The zero-order valence-electron chi connectivity index (χ0n) is 18.4. The third-order valence-corrected chi connectivity index (χ3v) is 6.22. The Hall–Kier alpha value is -2.50. The Bertz CT molecular complexity index is 926. The van der Waals surface area contributed by atoms with E-state index in [1.54, 1.807) is 17.4 Å². The molecular formula is C22H27F3N4O3S. The Morgan fingerprint density at radius 1 is 1.15 bits per heavy atom. The van der Waals surface area contributed by atoms with Crippen molar-refractivity contribution < 1.29 is 27.5 Å². The summed E-state index contributed by atoms with van der Waals surface area (Å²) in [6.07, 6.45) is -3.48. The van der Waals surface area contributed by atoms with Crippen molar-refractivity contribution in [3.8, 4) is 10.6 Å². The summed E-state index contributed by atoms with van der Waals surface area (Å²) in [5, 5.41) is 5.19. The van der Waals surface area contributed by atoms with Gasteiger partial charge in [-0.3, -0.25) is 14.5 Å². The summed E-state index contributed by atoms with van der Waals surface area (Å²) in [5.41, 5.74) is 0.472. The third-order valence-electron chi connectivity index (χ3n) is 5.28. The molecule has 2 heterocycles. The van der Waals surface area contributed by atoms with Crippen molar-refractivity contribution in [2.24, 2.45) is 0 Å². The van der Waals surface area contributed by atoms with Crippen LogP contribution >= 0.6 is 11.3 Å². The predicted molar refractivity (Wildman–Crippen MR) is 119 cm³/mol. The van der Waals surface area contributed by atoms with Crippen molar-refractivity contribution in [1.82, 2.24) is 20.1 Å². The van der Waals surface area contributed by atoms with Gasteiger partial charge >= 0.3 is 6.18 Å². The fourth-order valence-corrected chi connectivity index (χ4v) is 4.27. The fourth-order valence-electron chi connectivity index (χ4n) is 3.45. The maximum Gasteiger partial charge on any atom is 0.416 e. The molecular weight excluding hydrogens is 457 g/mol. The molecule has 1 aliphatic rings. The molecule has 2 amide bonds. The van der Waals surface area contributed by atoms with Gasteiger partial charge in [-0.25, -0.2) is 4.98 Å². The van der Waals surface area contributed by atoms with Gasteiger partial charge in [-0.05, 0) is 18.6 Å². The Labute approximate surface area is 194 Å². The number of nitrogens with zero attached hydrogens (tertiary/aromatic N) is 3. The number of alkyl halides is 3. The zero-order chi connectivity index (χ0) is 23.8. The number of ether oxygens (including phenoxy) is 1. The molecule has 33 heavy (non-hydrogen) atoms. The largest absolute Gasteiger partial charge is 0.416 e. The highest BCUT2D eigenvalue weighted by atomic mass is 32.1. The highest BCUT2D eigenvalue weighted by molar-refractivity contribution is 7.13. The van der Waals surface area contributed by atoms with E-state index in [4.69, 9.17) is 4.74 Å². The number of hydrogen-bond acceptors (Lipinski definition) is 6. The molecule has 7 nitrogen and oxygen atoms in total. The summed E-state index contributed by atoms with van der Waals surface area (Å²) in [6, 6.07) is 4.84. The summed E-state index contributed by atoms with van der Waals surface area (Å²) in [5.74, 6) is -0.0907. The smallest absolute Gasteiger partial charge is 0.385 e. The second-order valence-electron chi connectivity index (χ2n) is 7.75. The minimum atomic E-state index is -4.38. The van der Waals surface area contributed by atoms with Crippen molar-refractivity contribution >= 4 is 23.2 Å². The Balaban J connectivity index is 1.44. The lowest BCUT2D eigenvalue weighted by Gasteiger charge is -2.34. The number of nitrogens with one attached hydrogen (secondary N) is 1. The van der Waals surface area contributed by atoms with Crippen LogP contribution in [0.5, 0.6) is 0 Å². The summed E-state index contributed by atoms with van der Waals surface area (Å²) < 4.78 is 43.1. The van der Waals surface area contributed by atoms with Crippen molar-refractivity contribution in [3.63, 3.8) is 0 Å². The van der Waals surface area contributed by atoms with E-state index in [0.29, 0.717) is 62.1 Å². The van der Waals surface area contributed by atoms with Gasteiger partial charge in [0, 0.05) is 57.4 Å². The molecule has 1 aromatic carbocycles. The van der Waals surface area contributed by atoms with Gasteiger partial charge in [0.2, 0.25) is 11.8 Å². The van der Waals surface area contributed by atoms with Crippen LogP contribution in [0, 0.1) is 0 Å². The molecule has 0 bridgehead atoms. The second kappa shape index (κ2) is 11.6. The van der Waals surface area contributed by atoms with Gasteiger partial charge in [0.1, 0.15) is 5.01 Å². The molecule has 1 N–H and O–H groups in total. The first-order valence-electron chi connectivity index (χ1n) is 10.6.